The summed E-state index contributed by atoms with van der Waals surface area (Å²) in [5, 5.41) is 3.01. The van der Waals surface area contributed by atoms with Crippen molar-refractivity contribution in [2.75, 3.05) is 38.0 Å². The molecule has 1 saturated heterocycles. The van der Waals surface area contributed by atoms with Crippen LogP contribution in [-0.2, 0) is 11.2 Å². The van der Waals surface area contributed by atoms with E-state index in [2.05, 4.69) is 24.1 Å². The van der Waals surface area contributed by atoms with E-state index in [4.69, 9.17) is 0 Å². The molecule has 2 aromatic rings. The molecule has 0 radical (unpaired) electrons. The van der Waals surface area contributed by atoms with Crippen LogP contribution in [-0.4, -0.2) is 54.3 Å². The number of piperazine rings is 1. The zero-order valence-corrected chi connectivity index (χ0v) is 18.0. The molecular formula is C22H29N3O2S. The smallest absolute Gasteiger partial charge is 0.264 e. The van der Waals surface area contributed by atoms with Crippen molar-refractivity contribution in [1.82, 2.24) is 9.80 Å². The van der Waals surface area contributed by atoms with E-state index in [1.165, 1.54) is 16.0 Å². The van der Waals surface area contributed by atoms with Gasteiger partial charge in [-0.25, -0.2) is 0 Å². The standard InChI is InChI=1S/C22H29N3O2S/c1-5-19-16(3)13-20(28-19)22(27)25-11-9-24(10-12-25)14-21(26)23-18-8-6-7-15(2)17(18)4/h6-8,13H,5,9-12,14H2,1-4H3,(H,23,26). The fraction of sp³-hybridized carbons (Fsp3) is 0.455. The summed E-state index contributed by atoms with van der Waals surface area (Å²) >= 11 is 1.61. The summed E-state index contributed by atoms with van der Waals surface area (Å²) in [7, 11) is 0. The van der Waals surface area contributed by atoms with Crippen LogP contribution in [0, 0.1) is 20.8 Å². The fourth-order valence-electron chi connectivity index (χ4n) is 3.52. The Balaban J connectivity index is 1.51. The van der Waals surface area contributed by atoms with Crippen molar-refractivity contribution in [2.24, 2.45) is 0 Å². The van der Waals surface area contributed by atoms with E-state index in [-0.39, 0.29) is 11.8 Å². The highest BCUT2D eigenvalue weighted by Gasteiger charge is 2.24. The lowest BCUT2D eigenvalue weighted by molar-refractivity contribution is -0.117. The maximum Gasteiger partial charge on any atom is 0.264 e. The van der Waals surface area contributed by atoms with Gasteiger partial charge in [0.2, 0.25) is 5.91 Å². The lowest BCUT2D eigenvalue weighted by atomic mass is 10.1. The van der Waals surface area contributed by atoms with E-state index < -0.39 is 0 Å². The molecule has 2 heterocycles. The van der Waals surface area contributed by atoms with Gasteiger partial charge in [-0.3, -0.25) is 14.5 Å². The SMILES string of the molecule is CCc1sc(C(=O)N2CCN(CC(=O)Nc3cccc(C)c3C)CC2)cc1C. The molecule has 0 unspecified atom stereocenters. The van der Waals surface area contributed by atoms with Crippen LogP contribution in [0.25, 0.3) is 0 Å². The second-order valence-electron chi connectivity index (χ2n) is 7.43. The minimum atomic E-state index is -0.00468. The quantitative estimate of drug-likeness (QED) is 0.835. The summed E-state index contributed by atoms with van der Waals surface area (Å²) in [6.07, 6.45) is 0.965. The summed E-state index contributed by atoms with van der Waals surface area (Å²) in [6.45, 7) is 11.4. The van der Waals surface area contributed by atoms with E-state index in [1.807, 2.05) is 43.0 Å². The Bertz CT molecular complexity index is 867. The molecule has 1 aromatic carbocycles. The van der Waals surface area contributed by atoms with Crippen LogP contribution >= 0.6 is 11.3 Å². The summed E-state index contributed by atoms with van der Waals surface area (Å²) in [4.78, 5) is 31.3. The number of thiophene rings is 1. The number of nitrogens with one attached hydrogen (secondary N) is 1. The summed E-state index contributed by atoms with van der Waals surface area (Å²) in [5.41, 5.74) is 4.35. The third kappa shape index (κ3) is 4.62. The number of aryl methyl sites for hydroxylation is 3. The van der Waals surface area contributed by atoms with Gasteiger partial charge in [-0.2, -0.15) is 0 Å². The average Bonchev–Trinajstić information content (AvgIpc) is 3.06. The molecule has 1 aliphatic rings. The zero-order valence-electron chi connectivity index (χ0n) is 17.2. The Morgan fingerprint density at radius 1 is 1.07 bits per heavy atom. The van der Waals surface area contributed by atoms with Gasteiger partial charge in [-0.05, 0) is 56.0 Å². The molecule has 150 valence electrons. The van der Waals surface area contributed by atoms with Crippen molar-refractivity contribution in [3.05, 3.63) is 50.7 Å². The van der Waals surface area contributed by atoms with E-state index in [0.29, 0.717) is 19.6 Å². The molecule has 1 N–H and O–H groups in total. The van der Waals surface area contributed by atoms with E-state index in [9.17, 15) is 9.59 Å². The van der Waals surface area contributed by atoms with Gasteiger partial charge in [0.15, 0.2) is 0 Å². The van der Waals surface area contributed by atoms with Crippen molar-refractivity contribution in [2.45, 2.75) is 34.1 Å². The van der Waals surface area contributed by atoms with Crippen LogP contribution in [0.15, 0.2) is 24.3 Å². The summed E-state index contributed by atoms with van der Waals surface area (Å²) in [5.74, 6) is 0.113. The lowest BCUT2D eigenvalue weighted by Crippen LogP contribution is -2.50. The lowest BCUT2D eigenvalue weighted by Gasteiger charge is -2.34. The third-order valence-corrected chi connectivity index (χ3v) is 6.83. The molecular weight excluding hydrogens is 370 g/mol. The zero-order chi connectivity index (χ0) is 20.3. The molecule has 28 heavy (non-hydrogen) atoms. The van der Waals surface area contributed by atoms with Crippen LogP contribution in [0.2, 0.25) is 0 Å². The highest BCUT2D eigenvalue weighted by molar-refractivity contribution is 7.14. The van der Waals surface area contributed by atoms with Crippen molar-refractivity contribution in [3.63, 3.8) is 0 Å². The predicted molar refractivity (Wildman–Crippen MR) is 115 cm³/mol. The van der Waals surface area contributed by atoms with Gasteiger partial charge >= 0.3 is 0 Å². The fourth-order valence-corrected chi connectivity index (χ4v) is 4.60. The minimum Gasteiger partial charge on any atom is -0.335 e. The first-order valence-electron chi connectivity index (χ1n) is 9.86. The van der Waals surface area contributed by atoms with Crippen molar-refractivity contribution in [1.29, 1.82) is 0 Å². The van der Waals surface area contributed by atoms with Crippen LogP contribution in [0.5, 0.6) is 0 Å². The molecule has 5 nitrogen and oxygen atoms in total. The normalized spacial score (nSPS) is 14.9. The molecule has 1 aliphatic heterocycles. The van der Waals surface area contributed by atoms with E-state index in [1.54, 1.807) is 11.3 Å². The number of nitrogens with zero attached hydrogens (tertiary/aromatic N) is 2. The highest BCUT2D eigenvalue weighted by atomic mass is 32.1. The Labute approximate surface area is 171 Å². The Kier molecular flexibility index (Phi) is 6.52. The molecule has 1 fully saturated rings. The largest absolute Gasteiger partial charge is 0.335 e. The van der Waals surface area contributed by atoms with Gasteiger partial charge in [0, 0.05) is 36.7 Å². The number of anilines is 1. The molecule has 0 aliphatic carbocycles. The van der Waals surface area contributed by atoms with Gasteiger partial charge in [-0.1, -0.05) is 19.1 Å². The van der Waals surface area contributed by atoms with Crippen molar-refractivity contribution >= 4 is 28.8 Å². The highest BCUT2D eigenvalue weighted by Crippen LogP contribution is 2.24. The molecule has 3 rings (SSSR count). The molecule has 0 bridgehead atoms. The third-order valence-electron chi connectivity index (χ3n) is 5.46. The van der Waals surface area contributed by atoms with Crippen molar-refractivity contribution < 1.29 is 9.59 Å². The number of hydrogen-bond donors (Lipinski definition) is 1. The molecule has 0 saturated carbocycles. The number of carbonyl (C=O) groups is 2. The van der Waals surface area contributed by atoms with E-state index >= 15 is 0 Å². The van der Waals surface area contributed by atoms with Gasteiger partial charge < -0.3 is 10.2 Å². The van der Waals surface area contributed by atoms with Crippen LogP contribution < -0.4 is 5.32 Å². The number of hydrogen-bond acceptors (Lipinski definition) is 4. The maximum absolute atomic E-state index is 12.8. The Hall–Kier alpha value is -2.18. The number of amides is 2. The van der Waals surface area contributed by atoms with Crippen LogP contribution in [0.3, 0.4) is 0 Å². The van der Waals surface area contributed by atoms with Gasteiger partial charge in [0.1, 0.15) is 0 Å². The predicted octanol–water partition coefficient (Wildman–Crippen LogP) is 3.63. The van der Waals surface area contributed by atoms with Gasteiger partial charge in [0.25, 0.3) is 5.91 Å². The van der Waals surface area contributed by atoms with Crippen LogP contribution in [0.1, 0.15) is 38.2 Å². The first-order valence-corrected chi connectivity index (χ1v) is 10.7. The second kappa shape index (κ2) is 8.88. The average molecular weight is 400 g/mol. The second-order valence-corrected chi connectivity index (χ2v) is 8.57. The molecule has 6 heteroatoms. The molecule has 2 amide bonds. The Morgan fingerprint density at radius 2 is 1.79 bits per heavy atom. The van der Waals surface area contributed by atoms with E-state index in [0.717, 1.165) is 35.6 Å². The monoisotopic (exact) mass is 399 g/mol. The van der Waals surface area contributed by atoms with Gasteiger partial charge in [-0.15, -0.1) is 11.3 Å². The molecule has 0 spiro atoms. The molecule has 0 atom stereocenters. The number of carbonyl (C=O) groups excluding carboxylic acids is 2. The first kappa shape index (κ1) is 20.6. The Morgan fingerprint density at radius 3 is 2.43 bits per heavy atom. The van der Waals surface area contributed by atoms with Crippen LogP contribution in [0.4, 0.5) is 5.69 Å². The van der Waals surface area contributed by atoms with Gasteiger partial charge in [0.05, 0.1) is 11.4 Å². The van der Waals surface area contributed by atoms with Crippen molar-refractivity contribution in [3.8, 4) is 0 Å². The number of rotatable bonds is 5. The summed E-state index contributed by atoms with van der Waals surface area (Å²) in [6, 6.07) is 7.94. The number of benzene rings is 1. The minimum absolute atomic E-state index is 0.00468. The first-order chi connectivity index (χ1) is 13.4. The maximum atomic E-state index is 12.8. The topological polar surface area (TPSA) is 52.7 Å². The molecule has 1 aromatic heterocycles. The summed E-state index contributed by atoms with van der Waals surface area (Å²) < 4.78 is 0.